The summed E-state index contributed by atoms with van der Waals surface area (Å²) in [6, 6.07) is 6.39. The zero-order valence-electron chi connectivity index (χ0n) is 16.7. The average Bonchev–Trinajstić information content (AvgIpc) is 2.72. The summed E-state index contributed by atoms with van der Waals surface area (Å²) >= 11 is 0. The number of fused-ring (bicyclic) bond motifs is 1. The lowest BCUT2D eigenvalue weighted by atomic mass is 10.1. The molecule has 0 aliphatic carbocycles. The largest absolute Gasteiger partial charge is 0.494 e. The Morgan fingerprint density at radius 1 is 1.21 bits per heavy atom. The molecule has 0 saturated heterocycles. The van der Waals surface area contributed by atoms with Gasteiger partial charge in [-0.25, -0.2) is 14.4 Å². The molecule has 1 unspecified atom stereocenters. The van der Waals surface area contributed by atoms with Crippen LogP contribution in [0.15, 0.2) is 54.3 Å². The summed E-state index contributed by atoms with van der Waals surface area (Å²) in [5, 5.41) is 7.91. The second-order valence-electron chi connectivity index (χ2n) is 6.62. The molecule has 0 amide bonds. The van der Waals surface area contributed by atoms with E-state index >= 15 is 0 Å². The summed E-state index contributed by atoms with van der Waals surface area (Å²) in [5.74, 6) is 1.18. The van der Waals surface area contributed by atoms with Crippen LogP contribution in [0, 0.1) is 5.82 Å². The van der Waals surface area contributed by atoms with Crippen LogP contribution >= 0.6 is 0 Å². The standard InChI is InChI=1S/C21H22FN5O2/c1-12(2)27-29-14(4)13(3)26-21-17-8-15(18-7-6-16(22)10-23-18)9-19(28-5)20(17)24-11-25-21/h6-11,13H,4H2,1-3,5H3,(H,24,25,26). The Hall–Kier alpha value is -3.55. The van der Waals surface area contributed by atoms with Gasteiger partial charge >= 0.3 is 0 Å². The van der Waals surface area contributed by atoms with Gasteiger partial charge in [-0.2, -0.15) is 0 Å². The van der Waals surface area contributed by atoms with E-state index in [4.69, 9.17) is 9.57 Å². The van der Waals surface area contributed by atoms with Crippen LogP contribution in [0.3, 0.4) is 0 Å². The second-order valence-corrected chi connectivity index (χ2v) is 6.62. The van der Waals surface area contributed by atoms with Crippen molar-refractivity contribution in [2.24, 2.45) is 5.16 Å². The summed E-state index contributed by atoms with van der Waals surface area (Å²) in [7, 11) is 1.56. The number of benzene rings is 1. The highest BCUT2D eigenvalue weighted by molar-refractivity contribution is 5.96. The number of pyridine rings is 1. The van der Waals surface area contributed by atoms with Crippen molar-refractivity contribution in [1.82, 2.24) is 15.0 Å². The molecule has 8 heteroatoms. The number of oxime groups is 1. The number of methoxy groups -OCH3 is 1. The molecule has 0 aliphatic rings. The van der Waals surface area contributed by atoms with Gasteiger partial charge in [-0.3, -0.25) is 4.98 Å². The lowest BCUT2D eigenvalue weighted by Crippen LogP contribution is -2.19. The number of nitrogens with one attached hydrogen (secondary N) is 1. The SMILES string of the molecule is C=C(ON=C(C)C)C(C)Nc1ncnc2c(OC)cc(-c3ccc(F)cn3)cc12. The second kappa shape index (κ2) is 8.64. The monoisotopic (exact) mass is 395 g/mol. The van der Waals surface area contributed by atoms with E-state index in [1.165, 1.54) is 18.6 Å². The van der Waals surface area contributed by atoms with E-state index in [2.05, 4.69) is 32.0 Å². The molecule has 1 atom stereocenters. The zero-order chi connectivity index (χ0) is 21.0. The summed E-state index contributed by atoms with van der Waals surface area (Å²) in [4.78, 5) is 18.2. The van der Waals surface area contributed by atoms with Gasteiger partial charge < -0.3 is 14.9 Å². The van der Waals surface area contributed by atoms with Crippen molar-refractivity contribution in [2.45, 2.75) is 26.8 Å². The maximum absolute atomic E-state index is 13.3. The molecule has 0 radical (unpaired) electrons. The van der Waals surface area contributed by atoms with Gasteiger partial charge in [-0.05, 0) is 45.0 Å². The Balaban J connectivity index is 2.01. The molecule has 2 aromatic heterocycles. The highest BCUT2D eigenvalue weighted by Crippen LogP contribution is 2.33. The van der Waals surface area contributed by atoms with Crippen LogP contribution in [-0.4, -0.2) is 33.8 Å². The number of halogens is 1. The topological polar surface area (TPSA) is 81.5 Å². The third kappa shape index (κ3) is 4.66. The number of ether oxygens (including phenoxy) is 1. The Morgan fingerprint density at radius 2 is 2.00 bits per heavy atom. The van der Waals surface area contributed by atoms with E-state index in [1.54, 1.807) is 13.2 Å². The Bertz CT molecular complexity index is 1060. The molecule has 1 aromatic carbocycles. The molecule has 3 aromatic rings. The van der Waals surface area contributed by atoms with Gasteiger partial charge in [0.1, 0.15) is 35.0 Å². The normalized spacial score (nSPS) is 11.6. The molecular weight excluding hydrogens is 373 g/mol. The minimum absolute atomic E-state index is 0.269. The average molecular weight is 395 g/mol. The van der Waals surface area contributed by atoms with Crippen LogP contribution in [0.25, 0.3) is 22.2 Å². The van der Waals surface area contributed by atoms with Gasteiger partial charge in [-0.1, -0.05) is 11.7 Å². The van der Waals surface area contributed by atoms with Crippen LogP contribution < -0.4 is 10.1 Å². The molecule has 7 nitrogen and oxygen atoms in total. The van der Waals surface area contributed by atoms with Crippen molar-refractivity contribution in [3.05, 3.63) is 54.9 Å². The number of anilines is 1. The first-order valence-corrected chi connectivity index (χ1v) is 8.97. The summed E-state index contributed by atoms with van der Waals surface area (Å²) in [5.41, 5.74) is 2.78. The summed E-state index contributed by atoms with van der Waals surface area (Å²) < 4.78 is 18.8. The fraction of sp³-hybridized carbons (Fsp3) is 0.238. The number of hydrogen-bond acceptors (Lipinski definition) is 7. The van der Waals surface area contributed by atoms with Gasteiger partial charge in [0.2, 0.25) is 0 Å². The van der Waals surface area contributed by atoms with Crippen LogP contribution in [0.4, 0.5) is 10.2 Å². The quantitative estimate of drug-likeness (QED) is 0.359. The molecule has 1 N–H and O–H groups in total. The third-order valence-corrected chi connectivity index (χ3v) is 4.13. The molecule has 29 heavy (non-hydrogen) atoms. The lowest BCUT2D eigenvalue weighted by Gasteiger charge is -2.17. The minimum Gasteiger partial charge on any atom is -0.494 e. The molecule has 150 valence electrons. The van der Waals surface area contributed by atoms with Crippen molar-refractivity contribution in [1.29, 1.82) is 0 Å². The van der Waals surface area contributed by atoms with E-state index in [-0.39, 0.29) is 6.04 Å². The van der Waals surface area contributed by atoms with E-state index in [0.717, 1.165) is 16.7 Å². The Morgan fingerprint density at radius 3 is 2.66 bits per heavy atom. The minimum atomic E-state index is -0.399. The van der Waals surface area contributed by atoms with Gasteiger partial charge in [0.05, 0.1) is 30.8 Å². The fourth-order valence-electron chi connectivity index (χ4n) is 2.62. The predicted octanol–water partition coefficient (Wildman–Crippen LogP) is 4.57. The highest BCUT2D eigenvalue weighted by atomic mass is 19.1. The Kier molecular flexibility index (Phi) is 6.01. The van der Waals surface area contributed by atoms with Gasteiger partial charge in [0, 0.05) is 10.9 Å². The maximum Gasteiger partial charge on any atom is 0.149 e. The van der Waals surface area contributed by atoms with E-state index in [1.807, 2.05) is 32.9 Å². The van der Waals surface area contributed by atoms with Crippen LogP contribution in [0.5, 0.6) is 5.75 Å². The predicted molar refractivity (Wildman–Crippen MR) is 111 cm³/mol. The van der Waals surface area contributed by atoms with Crippen LogP contribution in [0.2, 0.25) is 0 Å². The first kappa shape index (κ1) is 20.2. The number of nitrogens with zero attached hydrogens (tertiary/aromatic N) is 4. The first-order chi connectivity index (χ1) is 13.9. The van der Waals surface area contributed by atoms with Crippen LogP contribution in [-0.2, 0) is 4.84 Å². The van der Waals surface area contributed by atoms with Crippen molar-refractivity contribution >= 4 is 22.4 Å². The molecule has 3 rings (SSSR count). The molecule has 0 saturated carbocycles. The van der Waals surface area contributed by atoms with Gasteiger partial charge in [0.15, 0.2) is 0 Å². The van der Waals surface area contributed by atoms with E-state index < -0.39 is 5.82 Å². The zero-order valence-corrected chi connectivity index (χ0v) is 16.7. The van der Waals surface area contributed by atoms with Gasteiger partial charge in [-0.15, -0.1) is 0 Å². The van der Waals surface area contributed by atoms with Crippen LogP contribution in [0.1, 0.15) is 20.8 Å². The lowest BCUT2D eigenvalue weighted by molar-refractivity contribution is 0.214. The van der Waals surface area contributed by atoms with Crippen molar-refractivity contribution in [3.8, 4) is 17.0 Å². The molecular formula is C21H22FN5O2. The molecule has 2 heterocycles. The van der Waals surface area contributed by atoms with Crippen molar-refractivity contribution < 1.29 is 14.0 Å². The smallest absolute Gasteiger partial charge is 0.149 e. The first-order valence-electron chi connectivity index (χ1n) is 8.97. The highest BCUT2D eigenvalue weighted by Gasteiger charge is 2.16. The number of aromatic nitrogens is 3. The maximum atomic E-state index is 13.3. The molecule has 0 aliphatic heterocycles. The fourth-order valence-corrected chi connectivity index (χ4v) is 2.62. The van der Waals surface area contributed by atoms with E-state index in [9.17, 15) is 4.39 Å². The summed E-state index contributed by atoms with van der Waals surface area (Å²) in [6.07, 6.45) is 2.62. The molecule has 0 spiro atoms. The molecule has 0 bridgehead atoms. The third-order valence-electron chi connectivity index (χ3n) is 4.13. The number of rotatable bonds is 7. The molecule has 0 fully saturated rings. The van der Waals surface area contributed by atoms with Crippen molar-refractivity contribution in [2.75, 3.05) is 12.4 Å². The van der Waals surface area contributed by atoms with Gasteiger partial charge in [0.25, 0.3) is 0 Å². The van der Waals surface area contributed by atoms with Crippen molar-refractivity contribution in [3.63, 3.8) is 0 Å². The summed E-state index contributed by atoms with van der Waals surface area (Å²) in [6.45, 7) is 9.46. The van der Waals surface area contributed by atoms with E-state index in [0.29, 0.717) is 28.5 Å². The number of hydrogen-bond donors (Lipinski definition) is 1. The Labute approximate surface area is 168 Å².